The summed E-state index contributed by atoms with van der Waals surface area (Å²) < 4.78 is 0. The molecular weight excluding hydrogens is 234 g/mol. The maximum absolute atomic E-state index is 12.1. The van der Waals surface area contributed by atoms with Crippen LogP contribution in [-0.2, 0) is 4.79 Å². The van der Waals surface area contributed by atoms with E-state index in [2.05, 4.69) is 42.8 Å². The van der Waals surface area contributed by atoms with E-state index in [4.69, 9.17) is 0 Å². The summed E-state index contributed by atoms with van der Waals surface area (Å²) in [5, 5.41) is 3.25. The third-order valence-corrected chi connectivity index (χ3v) is 4.32. The first-order chi connectivity index (χ1) is 8.97. The van der Waals surface area contributed by atoms with Crippen LogP contribution in [0, 0.1) is 29.1 Å². The van der Waals surface area contributed by atoms with E-state index in [0.717, 1.165) is 25.7 Å². The van der Waals surface area contributed by atoms with Crippen molar-refractivity contribution < 1.29 is 4.79 Å². The molecule has 1 fully saturated rings. The second-order valence-electron chi connectivity index (χ2n) is 5.93. The number of nitrogens with one attached hydrogen (secondary N) is 1. The Hall–Kier alpha value is -1.41. The fraction of sp³-hybridized carbons (Fsp3) is 0.706. The number of hydrogen-bond donors (Lipinski definition) is 1. The Morgan fingerprint density at radius 2 is 1.74 bits per heavy atom. The number of rotatable bonds is 3. The number of amides is 1. The SMILES string of the molecule is CC#CCC(=O)NC1(CC#CC)CCCCC1(C)C. The van der Waals surface area contributed by atoms with Crippen LogP contribution in [0.1, 0.15) is 66.2 Å². The van der Waals surface area contributed by atoms with Gasteiger partial charge in [-0.2, -0.15) is 0 Å². The Morgan fingerprint density at radius 1 is 1.11 bits per heavy atom. The van der Waals surface area contributed by atoms with Gasteiger partial charge in [0.15, 0.2) is 0 Å². The Kier molecular flexibility index (Phi) is 5.49. The number of hydrogen-bond acceptors (Lipinski definition) is 1. The van der Waals surface area contributed by atoms with Crippen molar-refractivity contribution in [2.75, 3.05) is 0 Å². The summed E-state index contributed by atoms with van der Waals surface area (Å²) in [7, 11) is 0. The summed E-state index contributed by atoms with van der Waals surface area (Å²) in [6.45, 7) is 8.11. The van der Waals surface area contributed by atoms with Crippen LogP contribution in [0.3, 0.4) is 0 Å². The van der Waals surface area contributed by atoms with Crippen LogP contribution < -0.4 is 5.32 Å². The highest BCUT2D eigenvalue weighted by Gasteiger charge is 2.46. The molecule has 104 valence electrons. The number of carbonyl (C=O) groups is 1. The lowest BCUT2D eigenvalue weighted by molar-refractivity contribution is -0.124. The fourth-order valence-electron chi connectivity index (χ4n) is 2.89. The molecule has 1 rings (SSSR count). The Bertz CT molecular complexity index is 441. The zero-order chi connectivity index (χ0) is 14.4. The van der Waals surface area contributed by atoms with Crippen LogP contribution >= 0.6 is 0 Å². The maximum Gasteiger partial charge on any atom is 0.232 e. The average Bonchev–Trinajstić information content (AvgIpc) is 2.37. The van der Waals surface area contributed by atoms with Crippen LogP contribution in [-0.4, -0.2) is 11.4 Å². The lowest BCUT2D eigenvalue weighted by Gasteiger charge is -2.50. The van der Waals surface area contributed by atoms with Gasteiger partial charge in [0, 0.05) is 6.42 Å². The molecule has 1 aliphatic carbocycles. The van der Waals surface area contributed by atoms with Crippen molar-refractivity contribution in [1.82, 2.24) is 5.32 Å². The predicted octanol–water partition coefficient (Wildman–Crippen LogP) is 3.27. The summed E-state index contributed by atoms with van der Waals surface area (Å²) in [4.78, 5) is 12.1. The first-order valence-electron chi connectivity index (χ1n) is 7.08. The normalized spacial score (nSPS) is 24.4. The van der Waals surface area contributed by atoms with Crippen LogP contribution in [0.5, 0.6) is 0 Å². The van der Waals surface area contributed by atoms with E-state index in [0.29, 0.717) is 0 Å². The zero-order valence-corrected chi connectivity index (χ0v) is 12.7. The molecule has 0 aromatic carbocycles. The number of carbonyl (C=O) groups excluding carboxylic acids is 1. The highest BCUT2D eigenvalue weighted by atomic mass is 16.1. The third-order valence-electron chi connectivity index (χ3n) is 4.32. The van der Waals surface area contributed by atoms with Crippen molar-refractivity contribution in [3.05, 3.63) is 0 Å². The molecule has 0 heterocycles. The minimum atomic E-state index is -0.194. The molecular formula is C17H25NO. The van der Waals surface area contributed by atoms with Crippen molar-refractivity contribution >= 4 is 5.91 Å². The molecule has 0 spiro atoms. The smallest absolute Gasteiger partial charge is 0.232 e. The molecule has 1 saturated carbocycles. The van der Waals surface area contributed by atoms with Gasteiger partial charge in [-0.1, -0.05) is 32.6 Å². The molecule has 2 heteroatoms. The Morgan fingerprint density at radius 3 is 2.32 bits per heavy atom. The topological polar surface area (TPSA) is 29.1 Å². The van der Waals surface area contributed by atoms with E-state index in [9.17, 15) is 4.79 Å². The summed E-state index contributed by atoms with van der Waals surface area (Å²) in [6.07, 6.45) is 5.57. The molecule has 1 atom stereocenters. The lowest BCUT2D eigenvalue weighted by atomic mass is 9.61. The molecule has 1 unspecified atom stereocenters. The van der Waals surface area contributed by atoms with Crippen LogP contribution in [0.25, 0.3) is 0 Å². The van der Waals surface area contributed by atoms with Gasteiger partial charge in [0.25, 0.3) is 0 Å². The van der Waals surface area contributed by atoms with Gasteiger partial charge in [-0.05, 0) is 32.1 Å². The summed E-state index contributed by atoms with van der Waals surface area (Å²) in [6, 6.07) is 0. The minimum absolute atomic E-state index is 0.0298. The molecule has 0 aromatic heterocycles. The summed E-state index contributed by atoms with van der Waals surface area (Å²) in [5.41, 5.74) is -0.106. The third kappa shape index (κ3) is 3.77. The van der Waals surface area contributed by atoms with Crippen molar-refractivity contribution in [1.29, 1.82) is 0 Å². The first kappa shape index (κ1) is 15.6. The molecule has 1 aliphatic rings. The van der Waals surface area contributed by atoms with E-state index in [1.165, 1.54) is 6.42 Å². The average molecular weight is 259 g/mol. The van der Waals surface area contributed by atoms with Crippen LogP contribution in [0.15, 0.2) is 0 Å². The van der Waals surface area contributed by atoms with Gasteiger partial charge in [0.05, 0.1) is 12.0 Å². The molecule has 0 aromatic rings. The van der Waals surface area contributed by atoms with E-state index in [-0.39, 0.29) is 23.3 Å². The maximum atomic E-state index is 12.1. The van der Waals surface area contributed by atoms with Gasteiger partial charge >= 0.3 is 0 Å². The lowest BCUT2D eigenvalue weighted by Crippen LogP contribution is -2.59. The van der Waals surface area contributed by atoms with Crippen LogP contribution in [0.4, 0.5) is 0 Å². The molecule has 19 heavy (non-hydrogen) atoms. The van der Waals surface area contributed by atoms with Crippen molar-refractivity contribution in [3.8, 4) is 23.7 Å². The van der Waals surface area contributed by atoms with Gasteiger partial charge in [-0.3, -0.25) is 4.79 Å². The van der Waals surface area contributed by atoms with Gasteiger partial charge in [0.1, 0.15) is 0 Å². The second-order valence-corrected chi connectivity index (χ2v) is 5.93. The highest BCUT2D eigenvalue weighted by molar-refractivity contribution is 5.79. The van der Waals surface area contributed by atoms with Crippen LogP contribution in [0.2, 0.25) is 0 Å². The Balaban J connectivity index is 2.92. The predicted molar refractivity (Wildman–Crippen MR) is 79.3 cm³/mol. The van der Waals surface area contributed by atoms with Gasteiger partial charge < -0.3 is 5.32 Å². The minimum Gasteiger partial charge on any atom is -0.348 e. The molecule has 0 saturated heterocycles. The van der Waals surface area contributed by atoms with Gasteiger partial charge in [-0.25, -0.2) is 0 Å². The molecule has 0 bridgehead atoms. The van der Waals surface area contributed by atoms with Gasteiger partial charge in [0.2, 0.25) is 5.91 Å². The highest BCUT2D eigenvalue weighted by Crippen LogP contribution is 2.45. The van der Waals surface area contributed by atoms with E-state index >= 15 is 0 Å². The molecule has 0 radical (unpaired) electrons. The quantitative estimate of drug-likeness (QED) is 0.774. The summed E-state index contributed by atoms with van der Waals surface area (Å²) >= 11 is 0. The monoisotopic (exact) mass is 259 g/mol. The standard InChI is InChI=1S/C17H25NO/c1-5-7-11-15(19)18-17(13-8-6-2)14-10-9-12-16(17,3)4/h9-14H2,1-4H3,(H,18,19). The van der Waals surface area contributed by atoms with Crippen molar-refractivity contribution in [2.45, 2.75) is 71.8 Å². The Labute approximate surface area is 117 Å². The molecule has 2 nitrogen and oxygen atoms in total. The largest absolute Gasteiger partial charge is 0.348 e. The first-order valence-corrected chi connectivity index (χ1v) is 7.08. The second kappa shape index (κ2) is 6.67. The molecule has 1 N–H and O–H groups in total. The van der Waals surface area contributed by atoms with Gasteiger partial charge in [-0.15, -0.1) is 17.8 Å². The van der Waals surface area contributed by atoms with E-state index < -0.39 is 0 Å². The molecule has 1 amide bonds. The van der Waals surface area contributed by atoms with E-state index in [1.54, 1.807) is 6.92 Å². The van der Waals surface area contributed by atoms with Crippen molar-refractivity contribution in [2.24, 2.45) is 5.41 Å². The molecule has 0 aliphatic heterocycles. The fourth-order valence-corrected chi connectivity index (χ4v) is 2.89. The van der Waals surface area contributed by atoms with Crippen molar-refractivity contribution in [3.63, 3.8) is 0 Å². The van der Waals surface area contributed by atoms with E-state index in [1.807, 2.05) is 6.92 Å². The summed E-state index contributed by atoms with van der Waals surface area (Å²) in [5.74, 6) is 11.8. The zero-order valence-electron chi connectivity index (χ0n) is 12.7.